The van der Waals surface area contributed by atoms with Crippen LogP contribution in [0.25, 0.3) is 0 Å². The van der Waals surface area contributed by atoms with Gasteiger partial charge in [-0.15, -0.1) is 0 Å². The Balaban J connectivity index is 3.12. The predicted octanol–water partition coefficient (Wildman–Crippen LogP) is 1.85. The standard InChI is InChI=1S/C12H16Cl4N2O5S/c1-6(2)9(10(21)23-5-11(13,14)15)18-8(20)4-12(18,24(16)22)17-7(3)19/h6,9H,4-5H2,1-3H3,(H,17,19). The van der Waals surface area contributed by atoms with Crippen molar-refractivity contribution in [1.82, 2.24) is 10.2 Å². The predicted molar refractivity (Wildman–Crippen MR) is 91.9 cm³/mol. The first-order chi connectivity index (χ1) is 10.8. The van der Waals surface area contributed by atoms with Gasteiger partial charge in [-0.05, 0) is 16.6 Å². The molecule has 0 aromatic heterocycles. The number of β-lactam (4-membered cyclic amide) rings is 1. The van der Waals surface area contributed by atoms with E-state index < -0.39 is 55.2 Å². The Morgan fingerprint density at radius 1 is 1.42 bits per heavy atom. The van der Waals surface area contributed by atoms with Crippen LogP contribution in [0.5, 0.6) is 0 Å². The Morgan fingerprint density at radius 2 is 1.96 bits per heavy atom. The molecule has 1 aliphatic rings. The lowest BCUT2D eigenvalue weighted by Gasteiger charge is -2.52. The van der Waals surface area contributed by atoms with Crippen molar-refractivity contribution in [1.29, 1.82) is 0 Å². The molecular weight excluding hydrogens is 426 g/mol. The maximum atomic E-state index is 12.4. The molecular formula is C12H16Cl4N2O5S. The zero-order valence-electron chi connectivity index (χ0n) is 13.0. The topological polar surface area (TPSA) is 92.8 Å². The van der Waals surface area contributed by atoms with Crippen molar-refractivity contribution in [2.45, 2.75) is 42.0 Å². The van der Waals surface area contributed by atoms with Crippen molar-refractivity contribution in [3.63, 3.8) is 0 Å². The minimum atomic E-state index is -2.17. The summed E-state index contributed by atoms with van der Waals surface area (Å²) in [4.78, 5) is 35.1. The van der Waals surface area contributed by atoms with Crippen LogP contribution in [0, 0.1) is 5.92 Å². The summed E-state index contributed by atoms with van der Waals surface area (Å²) in [5.74, 6) is -2.37. The van der Waals surface area contributed by atoms with Crippen LogP contribution >= 0.6 is 45.5 Å². The summed E-state index contributed by atoms with van der Waals surface area (Å²) in [6.45, 7) is 3.93. The van der Waals surface area contributed by atoms with Gasteiger partial charge in [0.25, 0.3) is 0 Å². The van der Waals surface area contributed by atoms with Gasteiger partial charge < -0.3 is 10.1 Å². The Labute approximate surface area is 161 Å². The molecule has 2 amide bonds. The lowest BCUT2D eigenvalue weighted by atomic mass is 9.96. The van der Waals surface area contributed by atoms with Crippen LogP contribution in [0.2, 0.25) is 0 Å². The summed E-state index contributed by atoms with van der Waals surface area (Å²) in [7, 11) is 3.52. The highest BCUT2D eigenvalue weighted by molar-refractivity contribution is 8.09. The molecule has 1 aliphatic heterocycles. The lowest BCUT2D eigenvalue weighted by Crippen LogP contribution is -2.77. The molecule has 0 saturated carbocycles. The minimum absolute atomic E-state index is 0.302. The number of carbonyl (C=O) groups excluding carboxylic acids is 3. The SMILES string of the molecule is CC(=O)NC1(S(=O)Cl)CC(=O)N1C(C(=O)OCC(Cl)(Cl)Cl)C(C)C. The number of carbonyl (C=O) groups is 3. The summed E-state index contributed by atoms with van der Waals surface area (Å²) in [5, 5.41) is 2.38. The second kappa shape index (κ2) is 7.95. The fraction of sp³-hybridized carbons (Fsp3) is 0.750. The Bertz CT molecular complexity index is 568. The molecule has 0 spiro atoms. The van der Waals surface area contributed by atoms with E-state index in [1.54, 1.807) is 13.8 Å². The number of likely N-dealkylation sites (tertiary alicyclic amines) is 1. The average molecular weight is 442 g/mol. The monoisotopic (exact) mass is 440 g/mol. The van der Waals surface area contributed by atoms with E-state index in [4.69, 9.17) is 50.2 Å². The number of esters is 1. The van der Waals surface area contributed by atoms with Gasteiger partial charge in [0.05, 0.1) is 6.42 Å². The fourth-order valence-corrected chi connectivity index (χ4v) is 3.83. The number of nitrogens with zero attached hydrogens (tertiary/aromatic N) is 1. The third-order valence-electron chi connectivity index (χ3n) is 3.21. The highest BCUT2D eigenvalue weighted by Gasteiger charge is 2.61. The molecule has 24 heavy (non-hydrogen) atoms. The minimum Gasteiger partial charge on any atom is -0.460 e. The van der Waals surface area contributed by atoms with E-state index in [1.807, 2.05) is 0 Å². The summed E-state index contributed by atoms with van der Waals surface area (Å²) in [6, 6.07) is -1.16. The molecule has 3 unspecified atom stereocenters. The Kier molecular flexibility index (Phi) is 7.21. The van der Waals surface area contributed by atoms with Gasteiger partial charge in [0, 0.05) is 6.92 Å². The summed E-state index contributed by atoms with van der Waals surface area (Å²) >= 11 is 16.6. The second-order valence-electron chi connectivity index (χ2n) is 5.54. The molecule has 0 bridgehead atoms. The smallest absolute Gasteiger partial charge is 0.329 e. The number of halogens is 4. The highest BCUT2D eigenvalue weighted by atomic mass is 35.7. The molecule has 1 saturated heterocycles. The van der Waals surface area contributed by atoms with Gasteiger partial charge in [0.1, 0.15) is 12.6 Å². The lowest BCUT2D eigenvalue weighted by molar-refractivity contribution is -0.173. The van der Waals surface area contributed by atoms with Gasteiger partial charge in [-0.25, -0.2) is 9.00 Å². The molecule has 0 radical (unpaired) electrons. The number of hydrogen-bond donors (Lipinski definition) is 1. The summed E-state index contributed by atoms with van der Waals surface area (Å²) < 4.78 is 15.1. The Morgan fingerprint density at radius 3 is 2.29 bits per heavy atom. The first-order valence-electron chi connectivity index (χ1n) is 6.74. The van der Waals surface area contributed by atoms with Crippen LogP contribution < -0.4 is 5.32 Å². The molecule has 1 fully saturated rings. The van der Waals surface area contributed by atoms with Gasteiger partial charge in [-0.3, -0.25) is 14.5 Å². The van der Waals surface area contributed by atoms with Crippen molar-refractivity contribution in [3.05, 3.63) is 0 Å². The largest absolute Gasteiger partial charge is 0.460 e. The van der Waals surface area contributed by atoms with E-state index in [-0.39, 0.29) is 6.42 Å². The van der Waals surface area contributed by atoms with Crippen molar-refractivity contribution < 1.29 is 23.3 Å². The van der Waals surface area contributed by atoms with Crippen molar-refractivity contribution >= 4 is 73.3 Å². The van der Waals surface area contributed by atoms with E-state index >= 15 is 0 Å². The van der Waals surface area contributed by atoms with Crippen molar-refractivity contribution in [3.8, 4) is 0 Å². The van der Waals surface area contributed by atoms with E-state index in [1.165, 1.54) is 6.92 Å². The van der Waals surface area contributed by atoms with Crippen molar-refractivity contribution in [2.24, 2.45) is 5.92 Å². The normalized spacial score (nSPS) is 23.5. The molecule has 138 valence electrons. The number of alkyl halides is 3. The van der Waals surface area contributed by atoms with Crippen LogP contribution in [0.1, 0.15) is 27.2 Å². The second-order valence-corrected chi connectivity index (χ2v) is 10.0. The van der Waals surface area contributed by atoms with Crippen LogP contribution in [0.15, 0.2) is 0 Å². The maximum absolute atomic E-state index is 12.4. The van der Waals surface area contributed by atoms with Crippen LogP contribution in [0.4, 0.5) is 0 Å². The molecule has 0 aliphatic carbocycles. The van der Waals surface area contributed by atoms with Gasteiger partial charge in [-0.2, -0.15) is 0 Å². The Hall–Kier alpha value is -0.280. The number of hydrogen-bond acceptors (Lipinski definition) is 5. The van der Waals surface area contributed by atoms with Crippen LogP contribution in [-0.4, -0.2) is 48.3 Å². The van der Waals surface area contributed by atoms with Crippen molar-refractivity contribution in [2.75, 3.05) is 6.61 Å². The molecule has 7 nitrogen and oxygen atoms in total. The number of ether oxygens (including phenoxy) is 1. The van der Waals surface area contributed by atoms with E-state index in [2.05, 4.69) is 5.32 Å². The quantitative estimate of drug-likeness (QED) is 0.294. The van der Waals surface area contributed by atoms with Crippen LogP contribution in [-0.2, 0) is 29.1 Å². The van der Waals surface area contributed by atoms with E-state index in [9.17, 15) is 18.6 Å². The first-order valence-corrected chi connectivity index (χ1v) is 9.85. The molecule has 1 rings (SSSR count). The third-order valence-corrected chi connectivity index (χ3v) is 5.28. The maximum Gasteiger partial charge on any atom is 0.329 e. The van der Waals surface area contributed by atoms with E-state index in [0.717, 1.165) is 4.90 Å². The van der Waals surface area contributed by atoms with Gasteiger partial charge in [0.15, 0.2) is 10.0 Å². The number of nitrogens with one attached hydrogen (secondary N) is 1. The van der Waals surface area contributed by atoms with Gasteiger partial charge in [-0.1, -0.05) is 48.7 Å². The first kappa shape index (κ1) is 21.8. The van der Waals surface area contributed by atoms with Gasteiger partial charge in [0.2, 0.25) is 20.6 Å². The fourth-order valence-electron chi connectivity index (χ4n) is 2.33. The molecule has 12 heteroatoms. The van der Waals surface area contributed by atoms with Gasteiger partial charge >= 0.3 is 5.97 Å². The molecule has 1 heterocycles. The average Bonchev–Trinajstić information content (AvgIpc) is 2.39. The zero-order valence-corrected chi connectivity index (χ0v) is 16.8. The number of amides is 2. The molecule has 3 atom stereocenters. The third kappa shape index (κ3) is 4.88. The van der Waals surface area contributed by atoms with Crippen LogP contribution in [0.3, 0.4) is 0 Å². The highest BCUT2D eigenvalue weighted by Crippen LogP contribution is 2.39. The molecule has 0 aromatic carbocycles. The molecule has 0 aromatic rings. The number of rotatable bonds is 6. The zero-order chi connectivity index (χ0) is 18.9. The summed E-state index contributed by atoms with van der Waals surface area (Å²) in [6.07, 6.45) is -0.302. The van der Waals surface area contributed by atoms with E-state index in [0.29, 0.717) is 0 Å². The molecule has 1 N–H and O–H groups in total. The summed E-state index contributed by atoms with van der Waals surface area (Å²) in [5.41, 5.74) is 0.